The molecule has 0 aliphatic rings. The quantitative estimate of drug-likeness (QED) is 0.790. The van der Waals surface area contributed by atoms with Crippen LogP contribution in [0, 0.1) is 5.82 Å². The van der Waals surface area contributed by atoms with Gasteiger partial charge in [-0.1, -0.05) is 19.1 Å². The van der Waals surface area contributed by atoms with Gasteiger partial charge in [0.15, 0.2) is 0 Å². The van der Waals surface area contributed by atoms with Crippen molar-refractivity contribution in [1.29, 1.82) is 0 Å². The summed E-state index contributed by atoms with van der Waals surface area (Å²) in [4.78, 5) is 4.29. The number of rotatable bonds is 8. The summed E-state index contributed by atoms with van der Waals surface area (Å²) in [6.07, 6.45) is 1.01. The molecule has 1 aromatic carbocycles. The lowest BCUT2D eigenvalue weighted by Crippen LogP contribution is -2.34. The zero-order chi connectivity index (χ0) is 15.1. The van der Waals surface area contributed by atoms with Gasteiger partial charge in [0.05, 0.1) is 5.69 Å². The lowest BCUT2D eigenvalue weighted by molar-refractivity contribution is 0.411. The van der Waals surface area contributed by atoms with Crippen LogP contribution in [0.1, 0.15) is 31.9 Å². The summed E-state index contributed by atoms with van der Waals surface area (Å²) in [5, 5.41) is 3.21. The SMILES string of the molecule is CCCN(CCN(C)C)c1c(F)cccc1C(C)NC. The van der Waals surface area contributed by atoms with E-state index in [9.17, 15) is 4.39 Å². The average Bonchev–Trinajstić information content (AvgIpc) is 2.42. The van der Waals surface area contributed by atoms with Gasteiger partial charge in [-0.15, -0.1) is 0 Å². The van der Waals surface area contributed by atoms with E-state index in [-0.39, 0.29) is 11.9 Å². The van der Waals surface area contributed by atoms with E-state index >= 15 is 0 Å². The largest absolute Gasteiger partial charge is 0.368 e. The van der Waals surface area contributed by atoms with Gasteiger partial charge in [-0.25, -0.2) is 4.39 Å². The van der Waals surface area contributed by atoms with Crippen molar-refractivity contribution < 1.29 is 4.39 Å². The third-order valence-electron chi connectivity index (χ3n) is 3.54. The summed E-state index contributed by atoms with van der Waals surface area (Å²) in [6.45, 7) is 6.82. The minimum Gasteiger partial charge on any atom is -0.368 e. The van der Waals surface area contributed by atoms with Crippen molar-refractivity contribution in [2.24, 2.45) is 0 Å². The Hall–Kier alpha value is -1.13. The van der Waals surface area contributed by atoms with Crippen LogP contribution in [-0.2, 0) is 0 Å². The maximum atomic E-state index is 14.4. The molecule has 20 heavy (non-hydrogen) atoms. The van der Waals surface area contributed by atoms with Gasteiger partial charge in [-0.05, 0) is 46.1 Å². The van der Waals surface area contributed by atoms with Crippen molar-refractivity contribution in [3.63, 3.8) is 0 Å². The Bertz CT molecular complexity index is 407. The number of nitrogens with zero attached hydrogens (tertiary/aromatic N) is 2. The van der Waals surface area contributed by atoms with Crippen LogP contribution in [0.4, 0.5) is 10.1 Å². The van der Waals surface area contributed by atoms with Crippen LogP contribution < -0.4 is 10.2 Å². The highest BCUT2D eigenvalue weighted by atomic mass is 19.1. The van der Waals surface area contributed by atoms with Crippen molar-refractivity contribution in [3.8, 4) is 0 Å². The predicted octanol–water partition coefficient (Wildman–Crippen LogP) is 2.88. The molecule has 0 radical (unpaired) electrons. The molecule has 0 bridgehead atoms. The fourth-order valence-electron chi connectivity index (χ4n) is 2.30. The Morgan fingerprint density at radius 2 is 1.90 bits per heavy atom. The Morgan fingerprint density at radius 1 is 1.20 bits per heavy atom. The molecule has 1 rings (SSSR count). The fourth-order valence-corrected chi connectivity index (χ4v) is 2.30. The normalized spacial score (nSPS) is 12.8. The second kappa shape index (κ2) is 8.22. The van der Waals surface area contributed by atoms with E-state index in [1.54, 1.807) is 12.1 Å². The van der Waals surface area contributed by atoms with Crippen molar-refractivity contribution in [2.45, 2.75) is 26.3 Å². The van der Waals surface area contributed by atoms with E-state index in [1.807, 2.05) is 27.2 Å². The average molecular weight is 281 g/mol. The summed E-state index contributed by atoms with van der Waals surface area (Å²) in [7, 11) is 5.99. The number of likely N-dealkylation sites (N-methyl/N-ethyl adjacent to an activating group) is 1. The van der Waals surface area contributed by atoms with E-state index in [1.165, 1.54) is 0 Å². The first-order chi connectivity index (χ1) is 9.51. The molecule has 3 nitrogen and oxygen atoms in total. The monoisotopic (exact) mass is 281 g/mol. The molecule has 1 unspecified atom stereocenters. The van der Waals surface area contributed by atoms with Gasteiger partial charge in [-0.2, -0.15) is 0 Å². The molecule has 4 heteroatoms. The van der Waals surface area contributed by atoms with Crippen LogP contribution in [0.25, 0.3) is 0 Å². The van der Waals surface area contributed by atoms with Gasteiger partial charge < -0.3 is 15.1 Å². The highest BCUT2D eigenvalue weighted by molar-refractivity contribution is 5.56. The van der Waals surface area contributed by atoms with Crippen molar-refractivity contribution in [1.82, 2.24) is 10.2 Å². The molecule has 0 fully saturated rings. The maximum Gasteiger partial charge on any atom is 0.146 e. The van der Waals surface area contributed by atoms with E-state index in [0.29, 0.717) is 0 Å². The summed E-state index contributed by atoms with van der Waals surface area (Å²) in [5.74, 6) is -0.128. The summed E-state index contributed by atoms with van der Waals surface area (Å²) < 4.78 is 14.4. The number of hydrogen-bond acceptors (Lipinski definition) is 3. The zero-order valence-electron chi connectivity index (χ0n) is 13.4. The van der Waals surface area contributed by atoms with Gasteiger partial charge in [0.1, 0.15) is 5.82 Å². The molecule has 0 aliphatic carbocycles. The van der Waals surface area contributed by atoms with Crippen LogP contribution in [0.5, 0.6) is 0 Å². The molecule has 0 aromatic heterocycles. The number of hydrogen-bond donors (Lipinski definition) is 1. The van der Waals surface area contributed by atoms with Gasteiger partial charge in [-0.3, -0.25) is 0 Å². The molecule has 1 aromatic rings. The molecule has 0 aliphatic heterocycles. The zero-order valence-corrected chi connectivity index (χ0v) is 13.4. The molecule has 114 valence electrons. The number of benzene rings is 1. The number of nitrogens with one attached hydrogen (secondary N) is 1. The lowest BCUT2D eigenvalue weighted by atomic mass is 10.0. The second-order valence-electron chi connectivity index (χ2n) is 5.48. The van der Waals surface area contributed by atoms with E-state index in [4.69, 9.17) is 0 Å². The first-order valence-corrected chi connectivity index (χ1v) is 7.36. The van der Waals surface area contributed by atoms with E-state index < -0.39 is 0 Å². The Morgan fingerprint density at radius 3 is 2.45 bits per heavy atom. The van der Waals surface area contributed by atoms with Gasteiger partial charge in [0.2, 0.25) is 0 Å². The number of halogens is 1. The minimum atomic E-state index is -0.128. The first-order valence-electron chi connectivity index (χ1n) is 7.36. The molecule has 1 N–H and O–H groups in total. The van der Waals surface area contributed by atoms with Crippen molar-refractivity contribution in [3.05, 3.63) is 29.6 Å². The third-order valence-corrected chi connectivity index (χ3v) is 3.54. The van der Waals surface area contributed by atoms with Crippen molar-refractivity contribution in [2.75, 3.05) is 45.7 Å². The smallest absolute Gasteiger partial charge is 0.146 e. The molecule has 0 heterocycles. The van der Waals surface area contributed by atoms with Gasteiger partial charge in [0.25, 0.3) is 0 Å². The Balaban J connectivity index is 3.10. The standard InChI is InChI=1S/C16H28FN3/c1-6-10-20(12-11-19(4)5)16-14(13(2)18-3)8-7-9-15(16)17/h7-9,13,18H,6,10-12H2,1-5H3. The molecular formula is C16H28FN3. The number of para-hydroxylation sites is 1. The molecule has 0 saturated carbocycles. The van der Waals surface area contributed by atoms with Crippen LogP contribution in [-0.4, -0.2) is 45.7 Å². The van der Waals surface area contributed by atoms with E-state index in [2.05, 4.69) is 29.0 Å². The number of anilines is 1. The molecule has 0 amide bonds. The third kappa shape index (κ3) is 4.46. The van der Waals surface area contributed by atoms with Crippen molar-refractivity contribution >= 4 is 5.69 Å². The Labute approximate surface area is 122 Å². The van der Waals surface area contributed by atoms with Crippen LogP contribution in [0.3, 0.4) is 0 Å². The maximum absolute atomic E-state index is 14.4. The second-order valence-corrected chi connectivity index (χ2v) is 5.48. The minimum absolute atomic E-state index is 0.128. The van der Waals surface area contributed by atoms with Gasteiger partial charge in [0, 0.05) is 25.7 Å². The lowest BCUT2D eigenvalue weighted by Gasteiger charge is -2.30. The highest BCUT2D eigenvalue weighted by Crippen LogP contribution is 2.29. The topological polar surface area (TPSA) is 18.5 Å². The Kier molecular flexibility index (Phi) is 6.96. The van der Waals surface area contributed by atoms with Gasteiger partial charge >= 0.3 is 0 Å². The molecular weight excluding hydrogens is 253 g/mol. The molecule has 1 atom stereocenters. The van der Waals surface area contributed by atoms with Crippen LogP contribution in [0.2, 0.25) is 0 Å². The predicted molar refractivity (Wildman–Crippen MR) is 84.9 cm³/mol. The fraction of sp³-hybridized carbons (Fsp3) is 0.625. The summed E-state index contributed by atoms with van der Waals surface area (Å²) in [5.41, 5.74) is 1.78. The van der Waals surface area contributed by atoms with Crippen LogP contribution in [0.15, 0.2) is 18.2 Å². The summed E-state index contributed by atoms with van der Waals surface area (Å²) >= 11 is 0. The molecule has 0 spiro atoms. The van der Waals surface area contributed by atoms with E-state index in [0.717, 1.165) is 37.3 Å². The molecule has 0 saturated heterocycles. The first kappa shape index (κ1) is 16.9. The highest BCUT2D eigenvalue weighted by Gasteiger charge is 2.18. The summed E-state index contributed by atoms with van der Waals surface area (Å²) in [6, 6.07) is 5.50. The van der Waals surface area contributed by atoms with Crippen LogP contribution >= 0.6 is 0 Å².